The standard InChI is InChI=1S/C8H8N2O.W/c11-8-5-9-6-3-1-2-4-7(6)10-8;/h1-4,9H,5H2,(H,10,11);/p-1. The van der Waals surface area contributed by atoms with E-state index in [1.807, 2.05) is 24.3 Å². The number of fused-ring (bicyclic) bond motifs is 1. The average Bonchev–Trinajstić information content (AvgIpc) is 2.04. The van der Waals surface area contributed by atoms with Gasteiger partial charge in [0.05, 0.1) is 12.5 Å². The molecule has 0 fully saturated rings. The molecule has 0 saturated carbocycles. The molecule has 1 heterocycles. The quantitative estimate of drug-likeness (QED) is 0.786. The van der Waals surface area contributed by atoms with Crippen LogP contribution in [0.4, 0.5) is 11.4 Å². The fraction of sp³-hybridized carbons (Fsp3) is 0.125. The second-order valence-electron chi connectivity index (χ2n) is 2.38. The zero-order valence-electron chi connectivity index (χ0n) is 6.28. The van der Waals surface area contributed by atoms with Crippen LogP contribution in [-0.2, 0) is 25.9 Å². The maximum absolute atomic E-state index is 10.8. The van der Waals surface area contributed by atoms with Crippen molar-refractivity contribution in [3.63, 3.8) is 0 Å². The number of rotatable bonds is 0. The first-order valence-electron chi connectivity index (χ1n) is 3.44. The molecule has 1 amide bonds. The van der Waals surface area contributed by atoms with Gasteiger partial charge in [-0.1, -0.05) is 18.2 Å². The van der Waals surface area contributed by atoms with Crippen LogP contribution in [0.25, 0.3) is 5.32 Å². The molecule has 4 heteroatoms. The van der Waals surface area contributed by atoms with Gasteiger partial charge in [0.25, 0.3) is 0 Å². The molecule has 0 atom stereocenters. The van der Waals surface area contributed by atoms with E-state index in [1.165, 1.54) is 0 Å². The Bertz CT molecular complexity index is 301. The Labute approximate surface area is 84.8 Å². The van der Waals surface area contributed by atoms with E-state index in [0.717, 1.165) is 11.4 Å². The number of carbonyl (C=O) groups is 1. The molecule has 0 aliphatic carbocycles. The second-order valence-corrected chi connectivity index (χ2v) is 2.38. The predicted molar refractivity (Wildman–Crippen MR) is 43.0 cm³/mol. The molecule has 0 aromatic heterocycles. The topological polar surface area (TPSA) is 43.2 Å². The van der Waals surface area contributed by atoms with Crippen LogP contribution in [0.1, 0.15) is 0 Å². The molecule has 1 aliphatic rings. The molecule has 0 radical (unpaired) electrons. The van der Waals surface area contributed by atoms with Crippen LogP contribution >= 0.6 is 0 Å². The van der Waals surface area contributed by atoms with Gasteiger partial charge in [0.15, 0.2) is 0 Å². The van der Waals surface area contributed by atoms with Gasteiger partial charge in [-0.3, -0.25) is 0 Å². The Balaban J connectivity index is 0.000000720. The molecule has 1 aliphatic heterocycles. The molecular weight excluding hydrogens is 324 g/mol. The largest absolute Gasteiger partial charge is 0.624 e. The molecule has 1 N–H and O–H groups in total. The molecule has 62 valence electrons. The smallest absolute Gasteiger partial charge is 0.0740 e. The van der Waals surface area contributed by atoms with E-state index in [-0.39, 0.29) is 27.0 Å². The van der Waals surface area contributed by atoms with Crippen LogP contribution in [0.5, 0.6) is 0 Å². The predicted octanol–water partition coefficient (Wildman–Crippen LogP) is 1.64. The van der Waals surface area contributed by atoms with Crippen molar-refractivity contribution < 1.29 is 25.9 Å². The minimum Gasteiger partial charge on any atom is -0.624 e. The van der Waals surface area contributed by atoms with Gasteiger partial charge in [-0.25, -0.2) is 0 Å². The molecule has 0 spiro atoms. The number of hydrogen-bond acceptors (Lipinski definition) is 2. The summed E-state index contributed by atoms with van der Waals surface area (Å²) < 4.78 is 0. The van der Waals surface area contributed by atoms with Gasteiger partial charge in [-0.2, -0.15) is 0 Å². The van der Waals surface area contributed by atoms with Gasteiger partial charge in [-0.15, -0.1) is 5.69 Å². The minimum atomic E-state index is -0.108. The number of anilines is 1. The van der Waals surface area contributed by atoms with Crippen molar-refractivity contribution in [2.24, 2.45) is 0 Å². The summed E-state index contributed by atoms with van der Waals surface area (Å²) in [5, 5.41) is 6.81. The summed E-state index contributed by atoms with van der Waals surface area (Å²) >= 11 is 0. The van der Waals surface area contributed by atoms with Crippen molar-refractivity contribution in [3.05, 3.63) is 29.6 Å². The fourth-order valence-electron chi connectivity index (χ4n) is 1.07. The molecule has 1 aromatic carbocycles. The van der Waals surface area contributed by atoms with Crippen LogP contribution in [0.2, 0.25) is 0 Å². The van der Waals surface area contributed by atoms with Crippen LogP contribution in [0.3, 0.4) is 0 Å². The van der Waals surface area contributed by atoms with E-state index in [2.05, 4.69) is 10.6 Å². The molecule has 0 bridgehead atoms. The van der Waals surface area contributed by atoms with E-state index in [9.17, 15) is 4.79 Å². The van der Waals surface area contributed by atoms with E-state index in [4.69, 9.17) is 0 Å². The maximum Gasteiger partial charge on any atom is 0.0740 e. The summed E-state index contributed by atoms with van der Waals surface area (Å²) in [7, 11) is 0. The summed E-state index contributed by atoms with van der Waals surface area (Å²) in [6.07, 6.45) is 0. The number of benzene rings is 1. The fourth-order valence-corrected chi connectivity index (χ4v) is 1.07. The molecule has 0 saturated heterocycles. The SMILES string of the molecule is O=C1CNc2ccccc2[N-]1.[W]. The van der Waals surface area contributed by atoms with Crippen molar-refractivity contribution >= 4 is 17.3 Å². The van der Waals surface area contributed by atoms with Crippen molar-refractivity contribution in [3.8, 4) is 0 Å². The molecular formula is C8H7N2OW-. The maximum atomic E-state index is 10.8. The number of amides is 1. The molecule has 0 unspecified atom stereocenters. The normalized spacial score (nSPS) is 13.5. The van der Waals surface area contributed by atoms with Crippen molar-refractivity contribution in [1.82, 2.24) is 0 Å². The third kappa shape index (κ3) is 1.67. The zero-order valence-corrected chi connectivity index (χ0v) is 9.21. The Morgan fingerprint density at radius 1 is 1.33 bits per heavy atom. The van der Waals surface area contributed by atoms with Crippen LogP contribution in [0, 0.1) is 0 Å². The number of nitrogens with zero attached hydrogens (tertiary/aromatic N) is 1. The Morgan fingerprint density at radius 2 is 2.08 bits per heavy atom. The van der Waals surface area contributed by atoms with E-state index >= 15 is 0 Å². The number of hydrogen-bond donors (Lipinski definition) is 1. The first-order valence-corrected chi connectivity index (χ1v) is 3.44. The third-order valence-corrected chi connectivity index (χ3v) is 1.58. The molecule has 1 aromatic rings. The number of para-hydroxylation sites is 2. The van der Waals surface area contributed by atoms with Crippen LogP contribution < -0.4 is 5.32 Å². The van der Waals surface area contributed by atoms with E-state index in [1.54, 1.807) is 0 Å². The molecule has 3 nitrogen and oxygen atoms in total. The average molecular weight is 331 g/mol. The number of nitrogens with one attached hydrogen (secondary N) is 1. The molecule has 2 rings (SSSR count). The van der Waals surface area contributed by atoms with E-state index < -0.39 is 0 Å². The summed E-state index contributed by atoms with van der Waals surface area (Å²) in [5.41, 5.74) is 1.68. The van der Waals surface area contributed by atoms with Gasteiger partial charge in [0.1, 0.15) is 0 Å². The van der Waals surface area contributed by atoms with Crippen LogP contribution in [0.15, 0.2) is 24.3 Å². The zero-order chi connectivity index (χ0) is 7.68. The van der Waals surface area contributed by atoms with Crippen molar-refractivity contribution in [2.75, 3.05) is 11.9 Å². The van der Waals surface area contributed by atoms with Crippen molar-refractivity contribution in [1.29, 1.82) is 0 Å². The first-order chi connectivity index (χ1) is 5.36. The molecule has 12 heavy (non-hydrogen) atoms. The van der Waals surface area contributed by atoms with E-state index in [0.29, 0.717) is 6.54 Å². The second kappa shape index (κ2) is 3.72. The summed E-state index contributed by atoms with van der Waals surface area (Å²) in [6.45, 7) is 0.316. The minimum absolute atomic E-state index is 0. The van der Waals surface area contributed by atoms with Gasteiger partial charge in [0.2, 0.25) is 0 Å². The van der Waals surface area contributed by atoms with Gasteiger partial charge >= 0.3 is 0 Å². The van der Waals surface area contributed by atoms with Gasteiger partial charge in [-0.05, 0) is 6.07 Å². The van der Waals surface area contributed by atoms with Gasteiger partial charge < -0.3 is 15.4 Å². The summed E-state index contributed by atoms with van der Waals surface area (Å²) in [5.74, 6) is -0.108. The summed E-state index contributed by atoms with van der Waals surface area (Å²) in [4.78, 5) is 10.8. The van der Waals surface area contributed by atoms with Crippen LogP contribution in [-0.4, -0.2) is 12.5 Å². The Kier molecular flexibility index (Phi) is 2.87. The third-order valence-electron chi connectivity index (χ3n) is 1.58. The number of carbonyl (C=O) groups excluding carboxylic acids is 1. The van der Waals surface area contributed by atoms with Gasteiger partial charge in [0, 0.05) is 26.8 Å². The first kappa shape index (κ1) is 9.27. The monoisotopic (exact) mass is 331 g/mol. The Morgan fingerprint density at radius 3 is 2.92 bits per heavy atom. The summed E-state index contributed by atoms with van der Waals surface area (Å²) in [6, 6.07) is 7.50. The van der Waals surface area contributed by atoms with Crippen molar-refractivity contribution in [2.45, 2.75) is 0 Å². The Hall–Kier alpha value is -0.822.